The number of hydrogen-bond donors (Lipinski definition) is 0. The van der Waals surface area contributed by atoms with Gasteiger partial charge in [0.25, 0.3) is 0 Å². The molecule has 1 aliphatic rings. The van der Waals surface area contributed by atoms with Crippen LogP contribution in [0.2, 0.25) is 0 Å². The topological polar surface area (TPSA) is 18.8 Å². The number of aliphatic imine (C=N–C) groups is 1. The highest BCUT2D eigenvalue weighted by Crippen LogP contribution is 2.42. The molecule has 0 bridgehead atoms. The fraction of sp³-hybridized carbons (Fsp3) is 0.909. The van der Waals surface area contributed by atoms with E-state index in [4.69, 9.17) is 4.99 Å². The van der Waals surface area contributed by atoms with Crippen LogP contribution in [0.3, 0.4) is 0 Å². The Morgan fingerprint density at radius 2 is 1.73 bits per heavy atom. The summed E-state index contributed by atoms with van der Waals surface area (Å²) in [7, 11) is 8.19. The summed E-state index contributed by atoms with van der Waals surface area (Å²) in [6.07, 6.45) is 6.23. The van der Waals surface area contributed by atoms with Gasteiger partial charge in [-0.05, 0) is 19.1 Å². The van der Waals surface area contributed by atoms with Crippen LogP contribution in [0.1, 0.15) is 19.3 Å². The molecule has 0 amide bonds. The van der Waals surface area contributed by atoms with E-state index in [0.29, 0.717) is 4.75 Å². The minimum atomic E-state index is 0.442. The lowest BCUT2D eigenvalue weighted by atomic mass is 9.84. The maximum absolute atomic E-state index is 4.74. The smallest absolute Gasteiger partial charge is 0.195 e. The Labute approximate surface area is 97.9 Å². The van der Waals surface area contributed by atoms with Crippen molar-refractivity contribution in [3.05, 3.63) is 0 Å². The van der Waals surface area contributed by atoms with E-state index in [1.807, 2.05) is 40.0 Å². The molecule has 0 unspecified atom stereocenters. The summed E-state index contributed by atoms with van der Waals surface area (Å²) in [6.45, 7) is 0.958. The molecule has 0 heterocycles. The van der Waals surface area contributed by atoms with Crippen LogP contribution in [0.4, 0.5) is 0 Å². The molecule has 15 heavy (non-hydrogen) atoms. The number of nitrogens with zero attached hydrogens (tertiary/aromatic N) is 3. The van der Waals surface area contributed by atoms with E-state index in [1.54, 1.807) is 0 Å². The van der Waals surface area contributed by atoms with Crippen molar-refractivity contribution in [1.82, 2.24) is 9.80 Å². The second kappa shape index (κ2) is 5.10. The van der Waals surface area contributed by atoms with E-state index >= 15 is 0 Å². The van der Waals surface area contributed by atoms with Crippen molar-refractivity contribution >= 4 is 17.7 Å². The average Bonchev–Trinajstić information content (AvgIpc) is 2.08. The molecular weight excluding hydrogens is 206 g/mol. The van der Waals surface area contributed by atoms with Gasteiger partial charge in [-0.25, -0.2) is 0 Å². The third-order valence-corrected chi connectivity index (χ3v) is 4.41. The van der Waals surface area contributed by atoms with Crippen molar-refractivity contribution in [3.63, 3.8) is 0 Å². The SMILES string of the molecule is CSC1(CN=C(N(C)C)N(C)C)CCC1. The van der Waals surface area contributed by atoms with E-state index in [0.717, 1.165) is 12.5 Å². The van der Waals surface area contributed by atoms with Crippen LogP contribution in [0.15, 0.2) is 4.99 Å². The molecule has 1 fully saturated rings. The second-order valence-corrected chi connectivity index (χ2v) is 5.92. The van der Waals surface area contributed by atoms with Crippen LogP contribution in [0.25, 0.3) is 0 Å². The zero-order valence-corrected chi connectivity index (χ0v) is 11.4. The van der Waals surface area contributed by atoms with Crippen molar-refractivity contribution in [2.45, 2.75) is 24.0 Å². The van der Waals surface area contributed by atoms with Crippen molar-refractivity contribution in [2.24, 2.45) is 4.99 Å². The molecule has 0 aromatic carbocycles. The molecule has 0 spiro atoms. The van der Waals surface area contributed by atoms with E-state index < -0.39 is 0 Å². The molecule has 3 nitrogen and oxygen atoms in total. The standard InChI is InChI=1S/C11H23N3S/c1-13(2)10(14(3)4)12-9-11(15-5)7-6-8-11/h6-9H2,1-5H3. The summed E-state index contributed by atoms with van der Waals surface area (Å²) in [6, 6.07) is 0. The molecule has 1 aliphatic carbocycles. The van der Waals surface area contributed by atoms with Gasteiger partial charge in [-0.2, -0.15) is 11.8 Å². The monoisotopic (exact) mass is 229 g/mol. The van der Waals surface area contributed by atoms with E-state index in [2.05, 4.69) is 16.1 Å². The summed E-state index contributed by atoms with van der Waals surface area (Å²) in [4.78, 5) is 8.89. The highest BCUT2D eigenvalue weighted by molar-refractivity contribution is 8.00. The van der Waals surface area contributed by atoms with Gasteiger partial charge < -0.3 is 9.80 Å². The van der Waals surface area contributed by atoms with E-state index in [9.17, 15) is 0 Å². The van der Waals surface area contributed by atoms with Crippen molar-refractivity contribution < 1.29 is 0 Å². The van der Waals surface area contributed by atoms with E-state index in [1.165, 1.54) is 19.3 Å². The minimum Gasteiger partial charge on any atom is -0.349 e. The van der Waals surface area contributed by atoms with Gasteiger partial charge in [0.1, 0.15) is 0 Å². The van der Waals surface area contributed by atoms with Crippen LogP contribution in [-0.2, 0) is 0 Å². The number of hydrogen-bond acceptors (Lipinski definition) is 2. The minimum absolute atomic E-state index is 0.442. The van der Waals surface area contributed by atoms with Gasteiger partial charge in [0.15, 0.2) is 5.96 Å². The second-order valence-electron chi connectivity index (χ2n) is 4.65. The van der Waals surface area contributed by atoms with Crippen molar-refractivity contribution in [2.75, 3.05) is 41.0 Å². The van der Waals surface area contributed by atoms with Crippen molar-refractivity contribution in [3.8, 4) is 0 Å². The quantitative estimate of drug-likeness (QED) is 0.543. The fourth-order valence-electron chi connectivity index (χ4n) is 1.90. The van der Waals surface area contributed by atoms with Gasteiger partial charge in [-0.15, -0.1) is 0 Å². The Balaban J connectivity index is 2.60. The molecule has 0 aliphatic heterocycles. The molecule has 1 rings (SSSR count). The first-order chi connectivity index (χ1) is 7.01. The summed E-state index contributed by atoms with van der Waals surface area (Å²) in [5, 5.41) is 0. The molecule has 0 saturated heterocycles. The third-order valence-electron chi connectivity index (χ3n) is 3.01. The largest absolute Gasteiger partial charge is 0.349 e. The molecule has 0 aromatic heterocycles. The van der Waals surface area contributed by atoms with Crippen LogP contribution < -0.4 is 0 Å². The van der Waals surface area contributed by atoms with Crippen LogP contribution >= 0.6 is 11.8 Å². The van der Waals surface area contributed by atoms with Gasteiger partial charge in [-0.3, -0.25) is 4.99 Å². The zero-order valence-electron chi connectivity index (χ0n) is 10.6. The molecule has 0 N–H and O–H groups in total. The predicted octanol–water partition coefficient (Wildman–Crippen LogP) is 1.75. The average molecular weight is 229 g/mol. The van der Waals surface area contributed by atoms with Gasteiger partial charge in [0, 0.05) is 32.9 Å². The summed E-state index contributed by atoms with van der Waals surface area (Å²) >= 11 is 1.98. The molecule has 0 atom stereocenters. The normalized spacial score (nSPS) is 17.9. The van der Waals surface area contributed by atoms with Crippen molar-refractivity contribution in [1.29, 1.82) is 0 Å². The Morgan fingerprint density at radius 1 is 1.20 bits per heavy atom. The third kappa shape index (κ3) is 3.03. The zero-order chi connectivity index (χ0) is 11.5. The molecular formula is C11H23N3S. The molecule has 0 radical (unpaired) electrons. The fourth-order valence-corrected chi connectivity index (χ4v) is 2.79. The van der Waals surface area contributed by atoms with Crippen LogP contribution in [-0.4, -0.2) is 61.5 Å². The first-order valence-electron chi connectivity index (χ1n) is 5.45. The summed E-state index contributed by atoms with van der Waals surface area (Å²) in [5.74, 6) is 1.07. The first kappa shape index (κ1) is 12.7. The molecule has 4 heteroatoms. The first-order valence-corrected chi connectivity index (χ1v) is 6.67. The number of thioether (sulfide) groups is 1. The maximum atomic E-state index is 4.74. The highest BCUT2D eigenvalue weighted by atomic mass is 32.2. The summed E-state index contributed by atoms with van der Waals surface area (Å²) < 4.78 is 0.442. The molecule has 0 aromatic rings. The highest BCUT2D eigenvalue weighted by Gasteiger charge is 2.36. The Morgan fingerprint density at radius 3 is 2.00 bits per heavy atom. The number of rotatable bonds is 3. The Bertz CT molecular complexity index is 216. The van der Waals surface area contributed by atoms with E-state index in [-0.39, 0.29) is 0 Å². The Kier molecular flexibility index (Phi) is 4.32. The van der Waals surface area contributed by atoms with Crippen LogP contribution in [0.5, 0.6) is 0 Å². The van der Waals surface area contributed by atoms with Crippen LogP contribution in [0, 0.1) is 0 Å². The van der Waals surface area contributed by atoms with Gasteiger partial charge in [0.2, 0.25) is 0 Å². The predicted molar refractivity (Wildman–Crippen MR) is 69.8 cm³/mol. The molecule has 1 saturated carbocycles. The maximum Gasteiger partial charge on any atom is 0.195 e. The summed E-state index contributed by atoms with van der Waals surface area (Å²) in [5.41, 5.74) is 0. The lowest BCUT2D eigenvalue weighted by molar-refractivity contribution is 0.367. The lowest BCUT2D eigenvalue weighted by Gasteiger charge is -2.39. The van der Waals surface area contributed by atoms with Gasteiger partial charge in [-0.1, -0.05) is 6.42 Å². The van der Waals surface area contributed by atoms with Gasteiger partial charge >= 0.3 is 0 Å². The van der Waals surface area contributed by atoms with Gasteiger partial charge in [0.05, 0.1) is 6.54 Å². The molecule has 88 valence electrons. The lowest BCUT2D eigenvalue weighted by Crippen LogP contribution is -2.40. The number of guanidine groups is 1. The Hall–Kier alpha value is -0.380.